The molecular weight excluding hydrogens is 224 g/mol. The Morgan fingerprint density at radius 1 is 1.11 bits per heavy atom. The number of aromatic hydroxyl groups is 1. The number of hydrogen-bond acceptors (Lipinski definition) is 2. The van der Waals surface area contributed by atoms with Gasteiger partial charge in [0.05, 0.1) is 0 Å². The van der Waals surface area contributed by atoms with Crippen molar-refractivity contribution in [2.75, 3.05) is 0 Å². The summed E-state index contributed by atoms with van der Waals surface area (Å²) in [6, 6.07) is 7.13. The monoisotopic (exact) mass is 248 g/mol. The van der Waals surface area contributed by atoms with Crippen molar-refractivity contribution in [3.8, 4) is 11.5 Å². The lowest BCUT2D eigenvalue weighted by Gasteiger charge is -2.39. The first-order valence-corrected chi connectivity index (χ1v) is 7.08. The van der Waals surface area contributed by atoms with Gasteiger partial charge in [-0.15, -0.1) is 0 Å². The molecule has 18 heavy (non-hydrogen) atoms. The zero-order valence-electron chi connectivity index (χ0n) is 11.5. The quantitative estimate of drug-likeness (QED) is 0.848. The van der Waals surface area contributed by atoms with Gasteiger partial charge in [0.25, 0.3) is 0 Å². The van der Waals surface area contributed by atoms with Crippen LogP contribution >= 0.6 is 0 Å². The summed E-state index contributed by atoms with van der Waals surface area (Å²) >= 11 is 0. The molecule has 0 radical (unpaired) electrons. The van der Waals surface area contributed by atoms with Gasteiger partial charge in [-0.3, -0.25) is 0 Å². The molecule has 2 heteroatoms. The highest BCUT2D eigenvalue weighted by molar-refractivity contribution is 5.30. The van der Waals surface area contributed by atoms with E-state index in [0.717, 1.165) is 25.0 Å². The molecular formula is C16H24O2. The fourth-order valence-corrected chi connectivity index (χ4v) is 3.05. The predicted molar refractivity (Wildman–Crippen MR) is 74.0 cm³/mol. The first kappa shape index (κ1) is 13.3. The molecule has 0 saturated heterocycles. The first-order chi connectivity index (χ1) is 8.60. The van der Waals surface area contributed by atoms with Crippen LogP contribution in [-0.4, -0.2) is 10.7 Å². The van der Waals surface area contributed by atoms with Crippen molar-refractivity contribution < 1.29 is 9.84 Å². The van der Waals surface area contributed by atoms with E-state index in [4.69, 9.17) is 4.74 Å². The second kappa shape index (κ2) is 5.64. The lowest BCUT2D eigenvalue weighted by molar-refractivity contribution is 0.0111. The number of phenols is 1. The molecule has 0 aromatic heterocycles. The summed E-state index contributed by atoms with van der Waals surface area (Å²) in [5.41, 5.74) is 0.0173. The Morgan fingerprint density at radius 3 is 2.28 bits per heavy atom. The lowest BCUT2D eigenvalue weighted by atomic mass is 9.79. The zero-order chi connectivity index (χ0) is 13.0. The standard InChI is InChI=1S/C16H24O2/c1-13(2)12-16(10-4-3-5-11-16)18-15-8-6-14(17)7-9-15/h6-9,13,17H,3-5,10-12H2,1-2H3. The summed E-state index contributed by atoms with van der Waals surface area (Å²) in [5.74, 6) is 1.83. The molecule has 0 unspecified atom stereocenters. The van der Waals surface area contributed by atoms with Gasteiger partial charge in [0, 0.05) is 0 Å². The molecule has 1 aliphatic rings. The maximum atomic E-state index is 9.32. The van der Waals surface area contributed by atoms with E-state index >= 15 is 0 Å². The summed E-state index contributed by atoms with van der Waals surface area (Å²) in [5, 5.41) is 9.32. The van der Waals surface area contributed by atoms with Crippen molar-refractivity contribution in [2.24, 2.45) is 5.92 Å². The molecule has 0 amide bonds. The van der Waals surface area contributed by atoms with Gasteiger partial charge in [0.1, 0.15) is 17.1 Å². The fraction of sp³-hybridized carbons (Fsp3) is 0.625. The van der Waals surface area contributed by atoms with Gasteiger partial charge in [-0.25, -0.2) is 0 Å². The van der Waals surface area contributed by atoms with Gasteiger partial charge in [-0.1, -0.05) is 20.3 Å². The van der Waals surface area contributed by atoms with Gasteiger partial charge >= 0.3 is 0 Å². The second-order valence-electron chi connectivity index (χ2n) is 5.94. The summed E-state index contributed by atoms with van der Waals surface area (Å²) in [6.45, 7) is 4.52. The van der Waals surface area contributed by atoms with Gasteiger partial charge in [0.2, 0.25) is 0 Å². The third-order valence-corrected chi connectivity index (χ3v) is 3.72. The molecule has 100 valence electrons. The van der Waals surface area contributed by atoms with E-state index in [1.807, 2.05) is 12.1 Å². The van der Waals surface area contributed by atoms with Crippen LogP contribution in [0.4, 0.5) is 0 Å². The first-order valence-electron chi connectivity index (χ1n) is 7.08. The zero-order valence-corrected chi connectivity index (χ0v) is 11.5. The molecule has 1 aromatic carbocycles. The largest absolute Gasteiger partial charge is 0.508 e. The van der Waals surface area contributed by atoms with Crippen molar-refractivity contribution in [3.05, 3.63) is 24.3 Å². The van der Waals surface area contributed by atoms with Crippen LogP contribution in [0.15, 0.2) is 24.3 Å². The van der Waals surface area contributed by atoms with Gasteiger partial charge in [-0.05, 0) is 62.3 Å². The average Bonchev–Trinajstić information content (AvgIpc) is 2.32. The highest BCUT2D eigenvalue weighted by atomic mass is 16.5. The normalized spacial score (nSPS) is 18.8. The third-order valence-electron chi connectivity index (χ3n) is 3.72. The Labute approximate surface area is 110 Å². The van der Waals surface area contributed by atoms with Crippen molar-refractivity contribution in [2.45, 2.75) is 58.0 Å². The number of ether oxygens (including phenoxy) is 1. The van der Waals surface area contributed by atoms with Crippen LogP contribution < -0.4 is 4.74 Å². The number of benzene rings is 1. The van der Waals surface area contributed by atoms with Crippen LogP contribution in [0.5, 0.6) is 11.5 Å². The fourth-order valence-electron chi connectivity index (χ4n) is 3.05. The molecule has 0 bridgehead atoms. The highest BCUT2D eigenvalue weighted by Crippen LogP contribution is 2.37. The average molecular weight is 248 g/mol. The Hall–Kier alpha value is -1.18. The SMILES string of the molecule is CC(C)CC1(Oc2ccc(O)cc2)CCCCC1. The molecule has 2 rings (SSSR count). The molecule has 1 aliphatic carbocycles. The molecule has 2 nitrogen and oxygen atoms in total. The smallest absolute Gasteiger partial charge is 0.120 e. The van der Waals surface area contributed by atoms with Crippen LogP contribution in [0.1, 0.15) is 52.4 Å². The second-order valence-corrected chi connectivity index (χ2v) is 5.94. The molecule has 0 aliphatic heterocycles. The Balaban J connectivity index is 2.11. The number of hydrogen-bond donors (Lipinski definition) is 1. The van der Waals surface area contributed by atoms with Gasteiger partial charge < -0.3 is 9.84 Å². The predicted octanol–water partition coefficient (Wildman–Crippen LogP) is 4.52. The van der Waals surface area contributed by atoms with E-state index < -0.39 is 0 Å². The molecule has 1 saturated carbocycles. The number of phenolic OH excluding ortho intramolecular Hbond substituents is 1. The van der Waals surface area contributed by atoms with Crippen LogP contribution in [0.3, 0.4) is 0 Å². The van der Waals surface area contributed by atoms with E-state index in [1.165, 1.54) is 19.3 Å². The third kappa shape index (κ3) is 3.41. The topological polar surface area (TPSA) is 29.5 Å². The molecule has 1 N–H and O–H groups in total. The minimum Gasteiger partial charge on any atom is -0.508 e. The maximum absolute atomic E-state index is 9.32. The van der Waals surface area contributed by atoms with Crippen molar-refractivity contribution in [1.29, 1.82) is 0 Å². The highest BCUT2D eigenvalue weighted by Gasteiger charge is 2.34. The van der Waals surface area contributed by atoms with Crippen LogP contribution in [-0.2, 0) is 0 Å². The van der Waals surface area contributed by atoms with E-state index in [-0.39, 0.29) is 5.60 Å². The van der Waals surface area contributed by atoms with E-state index in [1.54, 1.807) is 12.1 Å². The molecule has 1 aromatic rings. The molecule has 0 spiro atoms. The minimum atomic E-state index is 0.0173. The van der Waals surface area contributed by atoms with Crippen LogP contribution in [0.25, 0.3) is 0 Å². The summed E-state index contributed by atoms with van der Waals surface area (Å²) in [7, 11) is 0. The van der Waals surface area contributed by atoms with Crippen molar-refractivity contribution >= 4 is 0 Å². The lowest BCUT2D eigenvalue weighted by Crippen LogP contribution is -2.39. The number of rotatable bonds is 4. The van der Waals surface area contributed by atoms with Crippen LogP contribution in [0, 0.1) is 5.92 Å². The van der Waals surface area contributed by atoms with Crippen molar-refractivity contribution in [3.63, 3.8) is 0 Å². The summed E-state index contributed by atoms with van der Waals surface area (Å²) in [4.78, 5) is 0. The minimum absolute atomic E-state index is 0.0173. The van der Waals surface area contributed by atoms with Gasteiger partial charge in [0.15, 0.2) is 0 Å². The van der Waals surface area contributed by atoms with Crippen molar-refractivity contribution in [1.82, 2.24) is 0 Å². The Bertz CT molecular complexity index is 361. The van der Waals surface area contributed by atoms with Gasteiger partial charge in [-0.2, -0.15) is 0 Å². The molecule has 1 fully saturated rings. The van der Waals surface area contributed by atoms with E-state index in [0.29, 0.717) is 11.7 Å². The Kier molecular flexibility index (Phi) is 4.15. The summed E-state index contributed by atoms with van der Waals surface area (Å²) < 4.78 is 6.30. The van der Waals surface area contributed by atoms with Crippen LogP contribution in [0.2, 0.25) is 0 Å². The molecule has 0 atom stereocenters. The summed E-state index contributed by atoms with van der Waals surface area (Å²) in [6.07, 6.45) is 7.31. The maximum Gasteiger partial charge on any atom is 0.120 e. The molecule has 0 heterocycles. The Morgan fingerprint density at radius 2 is 1.72 bits per heavy atom. The van der Waals surface area contributed by atoms with E-state index in [9.17, 15) is 5.11 Å². The van der Waals surface area contributed by atoms with E-state index in [2.05, 4.69) is 13.8 Å².